The van der Waals surface area contributed by atoms with Gasteiger partial charge in [0.25, 0.3) is 0 Å². The normalized spacial score (nSPS) is 30.8. The first kappa shape index (κ1) is 14.6. The smallest absolute Gasteiger partial charge is 0.241 e. The molecule has 0 bridgehead atoms. The van der Waals surface area contributed by atoms with Crippen LogP contribution < -0.4 is 16.2 Å². The molecule has 22 heavy (non-hydrogen) atoms. The van der Waals surface area contributed by atoms with Crippen LogP contribution in [0.5, 0.6) is 0 Å². The SMILES string of the molecule is O=C(C1NNC2CCNCC21)N1CCc2c(Br)cccc2C1. The summed E-state index contributed by atoms with van der Waals surface area (Å²) in [5.74, 6) is 0.583. The lowest BCUT2D eigenvalue weighted by molar-refractivity contribution is -0.135. The zero-order valence-corrected chi connectivity index (χ0v) is 14.0. The van der Waals surface area contributed by atoms with E-state index < -0.39 is 0 Å². The lowest BCUT2D eigenvalue weighted by Gasteiger charge is -2.34. The van der Waals surface area contributed by atoms with Crippen molar-refractivity contribution < 1.29 is 4.79 Å². The number of piperidine rings is 1. The molecule has 5 nitrogen and oxygen atoms in total. The van der Waals surface area contributed by atoms with Crippen LogP contribution in [0.4, 0.5) is 0 Å². The third-order valence-electron chi connectivity index (χ3n) is 5.17. The van der Waals surface area contributed by atoms with Gasteiger partial charge in [-0.2, -0.15) is 0 Å². The highest BCUT2D eigenvalue weighted by molar-refractivity contribution is 9.10. The fourth-order valence-corrected chi connectivity index (χ4v) is 4.51. The summed E-state index contributed by atoms with van der Waals surface area (Å²) in [7, 11) is 0. The van der Waals surface area contributed by atoms with Crippen molar-refractivity contribution in [1.82, 2.24) is 21.1 Å². The summed E-state index contributed by atoms with van der Waals surface area (Å²) < 4.78 is 1.16. The van der Waals surface area contributed by atoms with Gasteiger partial charge in [-0.1, -0.05) is 28.1 Å². The van der Waals surface area contributed by atoms with Gasteiger partial charge in [0, 0.05) is 36.1 Å². The molecule has 3 aliphatic rings. The second-order valence-corrected chi connectivity index (χ2v) is 7.27. The van der Waals surface area contributed by atoms with E-state index in [0.717, 1.165) is 43.5 Å². The molecule has 0 spiro atoms. The van der Waals surface area contributed by atoms with Crippen LogP contribution in [-0.2, 0) is 17.8 Å². The maximum absolute atomic E-state index is 12.9. The molecule has 4 rings (SSSR count). The molecular weight excluding hydrogens is 344 g/mol. The summed E-state index contributed by atoms with van der Waals surface area (Å²) in [5, 5.41) is 3.41. The van der Waals surface area contributed by atoms with Crippen molar-refractivity contribution >= 4 is 21.8 Å². The number of amides is 1. The van der Waals surface area contributed by atoms with Gasteiger partial charge in [0.1, 0.15) is 6.04 Å². The van der Waals surface area contributed by atoms with Crippen molar-refractivity contribution in [3.05, 3.63) is 33.8 Å². The Morgan fingerprint density at radius 3 is 3.14 bits per heavy atom. The standard InChI is InChI=1S/C16H21BrN4O/c17-13-3-1-2-10-9-21(7-5-11(10)13)16(22)15-12-8-18-6-4-14(12)19-20-15/h1-3,12,14-15,18-20H,4-9H2. The van der Waals surface area contributed by atoms with E-state index in [1.165, 1.54) is 11.1 Å². The number of hydrogen-bond donors (Lipinski definition) is 3. The van der Waals surface area contributed by atoms with Crippen LogP contribution in [0.15, 0.2) is 22.7 Å². The number of benzene rings is 1. The number of hydrazine groups is 1. The third-order valence-corrected chi connectivity index (χ3v) is 5.91. The van der Waals surface area contributed by atoms with Crippen LogP contribution in [0.3, 0.4) is 0 Å². The van der Waals surface area contributed by atoms with Crippen LogP contribution in [-0.4, -0.2) is 42.5 Å². The van der Waals surface area contributed by atoms with Crippen molar-refractivity contribution in [3.63, 3.8) is 0 Å². The minimum Gasteiger partial charge on any atom is -0.337 e. The van der Waals surface area contributed by atoms with E-state index in [-0.39, 0.29) is 11.9 Å². The Labute approximate surface area is 138 Å². The molecule has 0 radical (unpaired) electrons. The molecule has 2 fully saturated rings. The number of rotatable bonds is 1. The van der Waals surface area contributed by atoms with Crippen molar-refractivity contribution in [1.29, 1.82) is 0 Å². The lowest BCUT2D eigenvalue weighted by atomic mass is 9.88. The predicted molar refractivity (Wildman–Crippen MR) is 88.1 cm³/mol. The van der Waals surface area contributed by atoms with E-state index >= 15 is 0 Å². The minimum atomic E-state index is -0.105. The Morgan fingerprint density at radius 2 is 2.23 bits per heavy atom. The number of nitrogens with zero attached hydrogens (tertiary/aromatic N) is 1. The zero-order valence-electron chi connectivity index (χ0n) is 12.4. The summed E-state index contributed by atoms with van der Waals surface area (Å²) in [5.41, 5.74) is 9.16. The Balaban J connectivity index is 1.50. The maximum Gasteiger partial charge on any atom is 0.241 e. The Bertz CT molecular complexity index is 594. The van der Waals surface area contributed by atoms with Gasteiger partial charge in [0.15, 0.2) is 0 Å². The lowest BCUT2D eigenvalue weighted by Crippen LogP contribution is -2.51. The summed E-state index contributed by atoms with van der Waals surface area (Å²) in [6.45, 7) is 3.47. The van der Waals surface area contributed by atoms with Gasteiger partial charge in [-0.3, -0.25) is 10.2 Å². The van der Waals surface area contributed by atoms with Crippen molar-refractivity contribution in [2.24, 2.45) is 5.92 Å². The highest BCUT2D eigenvalue weighted by Gasteiger charge is 2.43. The number of fused-ring (bicyclic) bond motifs is 2. The molecule has 3 aliphatic heterocycles. The molecule has 2 saturated heterocycles. The second-order valence-electron chi connectivity index (χ2n) is 6.42. The molecule has 3 heterocycles. The molecule has 118 valence electrons. The van der Waals surface area contributed by atoms with Gasteiger partial charge in [-0.15, -0.1) is 0 Å². The third kappa shape index (κ3) is 2.48. The average molecular weight is 365 g/mol. The number of carbonyl (C=O) groups is 1. The molecule has 1 amide bonds. The van der Waals surface area contributed by atoms with Gasteiger partial charge in [0.2, 0.25) is 5.91 Å². The molecule has 3 atom stereocenters. The average Bonchev–Trinajstić information content (AvgIpc) is 2.98. The summed E-state index contributed by atoms with van der Waals surface area (Å²) in [6.07, 6.45) is 2.01. The Kier molecular flexibility index (Phi) is 3.94. The van der Waals surface area contributed by atoms with Crippen LogP contribution in [0.2, 0.25) is 0 Å². The van der Waals surface area contributed by atoms with Gasteiger partial charge in [-0.05, 0) is 36.6 Å². The van der Waals surface area contributed by atoms with Crippen LogP contribution in [0.1, 0.15) is 17.5 Å². The molecule has 1 aromatic carbocycles. The monoisotopic (exact) mass is 364 g/mol. The molecule has 6 heteroatoms. The van der Waals surface area contributed by atoms with Gasteiger partial charge in [0.05, 0.1) is 0 Å². The molecule has 0 saturated carbocycles. The highest BCUT2D eigenvalue weighted by Crippen LogP contribution is 2.28. The fraction of sp³-hybridized carbons (Fsp3) is 0.562. The van der Waals surface area contributed by atoms with E-state index in [0.29, 0.717) is 12.0 Å². The van der Waals surface area contributed by atoms with Crippen LogP contribution in [0.25, 0.3) is 0 Å². The van der Waals surface area contributed by atoms with Crippen LogP contribution >= 0.6 is 15.9 Å². The maximum atomic E-state index is 12.9. The summed E-state index contributed by atoms with van der Waals surface area (Å²) >= 11 is 3.62. The Morgan fingerprint density at radius 1 is 1.32 bits per heavy atom. The number of nitrogens with one attached hydrogen (secondary N) is 3. The quantitative estimate of drug-likeness (QED) is 0.689. The van der Waals surface area contributed by atoms with Crippen molar-refractivity contribution in [2.45, 2.75) is 31.5 Å². The van der Waals surface area contributed by atoms with Gasteiger partial charge in [-0.25, -0.2) is 5.43 Å². The second kappa shape index (κ2) is 5.92. The largest absolute Gasteiger partial charge is 0.337 e. The first-order valence-electron chi connectivity index (χ1n) is 8.01. The van der Waals surface area contributed by atoms with E-state index in [1.54, 1.807) is 0 Å². The topological polar surface area (TPSA) is 56.4 Å². The number of halogens is 1. The molecular formula is C16H21BrN4O. The van der Waals surface area contributed by atoms with Crippen molar-refractivity contribution in [2.75, 3.05) is 19.6 Å². The number of hydrogen-bond acceptors (Lipinski definition) is 4. The van der Waals surface area contributed by atoms with Gasteiger partial charge < -0.3 is 10.2 Å². The predicted octanol–water partition coefficient (Wildman–Crippen LogP) is 0.788. The molecule has 1 aromatic rings. The van der Waals surface area contributed by atoms with Crippen molar-refractivity contribution in [3.8, 4) is 0 Å². The first-order valence-corrected chi connectivity index (χ1v) is 8.80. The Hall–Kier alpha value is -0.950. The fourth-order valence-electron chi connectivity index (χ4n) is 3.91. The minimum absolute atomic E-state index is 0.105. The molecule has 0 aliphatic carbocycles. The van der Waals surface area contributed by atoms with E-state index in [4.69, 9.17) is 0 Å². The zero-order chi connectivity index (χ0) is 15.1. The van der Waals surface area contributed by atoms with Gasteiger partial charge >= 0.3 is 0 Å². The first-order chi connectivity index (χ1) is 10.7. The number of carbonyl (C=O) groups excluding carboxylic acids is 1. The summed E-state index contributed by atoms with van der Waals surface area (Å²) in [6, 6.07) is 6.57. The molecule has 0 aromatic heterocycles. The molecule has 3 N–H and O–H groups in total. The highest BCUT2D eigenvalue weighted by atomic mass is 79.9. The van der Waals surface area contributed by atoms with Crippen LogP contribution in [0, 0.1) is 5.92 Å². The van der Waals surface area contributed by atoms with E-state index in [9.17, 15) is 4.79 Å². The van der Waals surface area contributed by atoms with E-state index in [2.05, 4.69) is 44.2 Å². The molecule has 3 unspecified atom stereocenters. The summed E-state index contributed by atoms with van der Waals surface area (Å²) in [4.78, 5) is 14.9. The van der Waals surface area contributed by atoms with E-state index in [1.807, 2.05) is 11.0 Å².